The molecule has 1 N–H and O–H groups in total. The monoisotopic (exact) mass is 290 g/mol. The zero-order chi connectivity index (χ0) is 14.8. The van der Waals surface area contributed by atoms with Gasteiger partial charge in [-0.25, -0.2) is 0 Å². The average Bonchev–Trinajstić information content (AvgIpc) is 2.51. The van der Waals surface area contributed by atoms with Crippen molar-refractivity contribution in [2.75, 3.05) is 32.8 Å². The molecule has 0 aliphatic carbocycles. The quantitative estimate of drug-likeness (QED) is 0.927. The molecule has 0 aromatic carbocycles. The van der Waals surface area contributed by atoms with Crippen molar-refractivity contribution in [3.8, 4) is 0 Å². The van der Waals surface area contributed by atoms with Crippen molar-refractivity contribution in [1.82, 2.24) is 9.88 Å². The lowest BCUT2D eigenvalue weighted by atomic mass is 9.80. The second-order valence-electron chi connectivity index (χ2n) is 6.95. The van der Waals surface area contributed by atoms with Gasteiger partial charge in [0.1, 0.15) is 5.60 Å². The fraction of sp³-hybridized carbons (Fsp3) is 0.706. The molecule has 0 unspecified atom stereocenters. The van der Waals surface area contributed by atoms with Gasteiger partial charge >= 0.3 is 0 Å². The number of nitrogens with zero attached hydrogens (tertiary/aromatic N) is 2. The maximum absolute atomic E-state index is 10.8. The average molecular weight is 290 g/mol. The normalized spacial score (nSPS) is 25.6. The maximum Gasteiger partial charge on any atom is 0.109 e. The molecule has 0 amide bonds. The van der Waals surface area contributed by atoms with Gasteiger partial charge in [0.05, 0.1) is 5.69 Å². The Bertz CT molecular complexity index is 449. The van der Waals surface area contributed by atoms with Crippen LogP contribution in [0.5, 0.6) is 0 Å². The lowest BCUT2D eigenvalue weighted by Gasteiger charge is -2.43. The van der Waals surface area contributed by atoms with Gasteiger partial charge in [0.15, 0.2) is 0 Å². The fourth-order valence-electron chi connectivity index (χ4n) is 3.54. The van der Waals surface area contributed by atoms with Crippen LogP contribution < -0.4 is 0 Å². The fourth-order valence-corrected chi connectivity index (χ4v) is 3.54. The number of pyridine rings is 1. The molecule has 0 radical (unpaired) electrons. The molecular formula is C17H26N2O2. The number of rotatable bonds is 3. The largest absolute Gasteiger partial charge is 0.383 e. The Morgan fingerprint density at radius 1 is 1.19 bits per heavy atom. The van der Waals surface area contributed by atoms with Crippen molar-refractivity contribution in [2.24, 2.45) is 5.41 Å². The van der Waals surface area contributed by atoms with Gasteiger partial charge in [-0.15, -0.1) is 0 Å². The third-order valence-corrected chi connectivity index (χ3v) is 5.13. The molecule has 0 atom stereocenters. The smallest absolute Gasteiger partial charge is 0.109 e. The van der Waals surface area contributed by atoms with E-state index in [4.69, 9.17) is 4.74 Å². The molecule has 4 nitrogen and oxygen atoms in total. The Hall–Kier alpha value is -0.970. The number of piperidine rings is 1. The van der Waals surface area contributed by atoms with Crippen LogP contribution >= 0.6 is 0 Å². The Kier molecular flexibility index (Phi) is 4.29. The van der Waals surface area contributed by atoms with Gasteiger partial charge in [-0.1, -0.05) is 13.0 Å². The first kappa shape index (κ1) is 14.9. The van der Waals surface area contributed by atoms with E-state index < -0.39 is 5.60 Å². The Labute approximate surface area is 127 Å². The molecule has 0 bridgehead atoms. The summed E-state index contributed by atoms with van der Waals surface area (Å²) in [6.45, 7) is 7.17. The zero-order valence-corrected chi connectivity index (χ0v) is 12.9. The van der Waals surface area contributed by atoms with E-state index in [1.165, 1.54) is 0 Å². The first-order chi connectivity index (χ1) is 10.1. The van der Waals surface area contributed by atoms with Crippen LogP contribution in [0.1, 0.15) is 38.3 Å². The summed E-state index contributed by atoms with van der Waals surface area (Å²) < 4.78 is 5.48. The number of hydrogen-bond donors (Lipinski definition) is 1. The molecule has 1 aromatic heterocycles. The summed E-state index contributed by atoms with van der Waals surface area (Å²) in [4.78, 5) is 6.85. The van der Waals surface area contributed by atoms with Gasteiger partial charge in [0.2, 0.25) is 0 Å². The van der Waals surface area contributed by atoms with Gasteiger partial charge in [-0.05, 0) is 43.2 Å². The topological polar surface area (TPSA) is 45.6 Å². The van der Waals surface area contributed by atoms with Gasteiger partial charge < -0.3 is 14.7 Å². The van der Waals surface area contributed by atoms with Crippen LogP contribution in [0.2, 0.25) is 0 Å². The van der Waals surface area contributed by atoms with Crippen LogP contribution in [0.25, 0.3) is 0 Å². The molecule has 2 aliphatic heterocycles. The van der Waals surface area contributed by atoms with E-state index in [1.54, 1.807) is 6.20 Å². The van der Waals surface area contributed by atoms with Crippen LogP contribution in [0, 0.1) is 5.41 Å². The Morgan fingerprint density at radius 2 is 1.90 bits per heavy atom. The predicted octanol–water partition coefficient (Wildman–Crippen LogP) is 2.18. The summed E-state index contributed by atoms with van der Waals surface area (Å²) >= 11 is 0. The highest BCUT2D eigenvalue weighted by Crippen LogP contribution is 2.35. The molecule has 3 heterocycles. The molecule has 0 spiro atoms. The van der Waals surface area contributed by atoms with E-state index in [0.29, 0.717) is 5.41 Å². The summed E-state index contributed by atoms with van der Waals surface area (Å²) in [5.74, 6) is 0. The second kappa shape index (κ2) is 6.03. The van der Waals surface area contributed by atoms with Crippen molar-refractivity contribution in [2.45, 2.75) is 38.2 Å². The summed E-state index contributed by atoms with van der Waals surface area (Å²) in [6.07, 6.45) is 5.61. The molecule has 4 heteroatoms. The highest BCUT2D eigenvalue weighted by atomic mass is 16.5. The van der Waals surface area contributed by atoms with Crippen molar-refractivity contribution >= 4 is 0 Å². The molecule has 3 rings (SSSR count). The van der Waals surface area contributed by atoms with Crippen LogP contribution in [-0.4, -0.2) is 47.8 Å². The summed E-state index contributed by atoms with van der Waals surface area (Å²) in [5, 5.41) is 10.8. The summed E-state index contributed by atoms with van der Waals surface area (Å²) in [5.41, 5.74) is 0.453. The van der Waals surface area contributed by atoms with E-state index in [0.717, 1.165) is 64.2 Å². The first-order valence-electron chi connectivity index (χ1n) is 8.04. The van der Waals surface area contributed by atoms with E-state index in [9.17, 15) is 5.11 Å². The molecule has 2 aliphatic rings. The van der Waals surface area contributed by atoms with Crippen molar-refractivity contribution < 1.29 is 9.84 Å². The van der Waals surface area contributed by atoms with Crippen LogP contribution in [0.15, 0.2) is 24.4 Å². The number of aliphatic hydroxyl groups is 1. The van der Waals surface area contributed by atoms with Crippen molar-refractivity contribution in [3.63, 3.8) is 0 Å². The first-order valence-corrected chi connectivity index (χ1v) is 8.04. The van der Waals surface area contributed by atoms with Gasteiger partial charge in [0.25, 0.3) is 0 Å². The minimum atomic E-state index is -0.742. The molecule has 2 saturated heterocycles. The molecular weight excluding hydrogens is 264 g/mol. The maximum atomic E-state index is 10.8. The molecule has 21 heavy (non-hydrogen) atoms. The van der Waals surface area contributed by atoms with Crippen molar-refractivity contribution in [1.29, 1.82) is 0 Å². The molecule has 1 aromatic rings. The summed E-state index contributed by atoms with van der Waals surface area (Å²) in [6, 6.07) is 5.79. The van der Waals surface area contributed by atoms with Crippen molar-refractivity contribution in [3.05, 3.63) is 30.1 Å². The van der Waals surface area contributed by atoms with E-state index in [2.05, 4.69) is 16.8 Å². The molecule has 116 valence electrons. The number of aromatic nitrogens is 1. The van der Waals surface area contributed by atoms with Crippen LogP contribution in [-0.2, 0) is 10.3 Å². The summed E-state index contributed by atoms with van der Waals surface area (Å²) in [7, 11) is 0. The second-order valence-corrected chi connectivity index (χ2v) is 6.95. The number of likely N-dealkylation sites (tertiary alicyclic amines) is 1. The standard InChI is InChI=1S/C17H26N2O2/c1-16(7-12-21-13-8-16)14-19-10-5-17(20,6-11-19)15-4-2-3-9-18-15/h2-4,9,20H,5-8,10-14H2,1H3. The SMILES string of the molecule is CC1(CN2CCC(O)(c3ccccn3)CC2)CCOCC1. The van der Waals surface area contributed by atoms with E-state index in [1.807, 2.05) is 18.2 Å². The van der Waals surface area contributed by atoms with Gasteiger partial charge in [-0.3, -0.25) is 4.98 Å². The van der Waals surface area contributed by atoms with E-state index in [-0.39, 0.29) is 0 Å². The molecule has 0 saturated carbocycles. The Balaban J connectivity index is 1.58. The lowest BCUT2D eigenvalue weighted by Crippen LogP contribution is -2.47. The Morgan fingerprint density at radius 3 is 2.52 bits per heavy atom. The minimum absolute atomic E-state index is 0.374. The zero-order valence-electron chi connectivity index (χ0n) is 12.9. The number of hydrogen-bond acceptors (Lipinski definition) is 4. The minimum Gasteiger partial charge on any atom is -0.383 e. The molecule has 2 fully saturated rings. The van der Waals surface area contributed by atoms with Gasteiger partial charge in [0, 0.05) is 39.0 Å². The van der Waals surface area contributed by atoms with E-state index >= 15 is 0 Å². The lowest BCUT2D eigenvalue weighted by molar-refractivity contribution is -0.0492. The third-order valence-electron chi connectivity index (χ3n) is 5.13. The van der Waals surface area contributed by atoms with Crippen LogP contribution in [0.4, 0.5) is 0 Å². The number of ether oxygens (including phenoxy) is 1. The highest BCUT2D eigenvalue weighted by Gasteiger charge is 2.37. The third kappa shape index (κ3) is 3.44. The van der Waals surface area contributed by atoms with Crippen LogP contribution in [0.3, 0.4) is 0 Å². The van der Waals surface area contributed by atoms with Gasteiger partial charge in [-0.2, -0.15) is 0 Å². The highest BCUT2D eigenvalue weighted by molar-refractivity contribution is 5.14. The predicted molar refractivity (Wildman–Crippen MR) is 82.0 cm³/mol.